The topological polar surface area (TPSA) is 77.7 Å². The number of methoxy groups -OCH3 is 1. The molecule has 0 unspecified atom stereocenters. The van der Waals surface area contributed by atoms with Crippen LogP contribution in [0.2, 0.25) is 0 Å². The molecule has 0 atom stereocenters. The molecule has 0 saturated carbocycles. The Morgan fingerprint density at radius 1 is 0.974 bits per heavy atom. The fraction of sp³-hybridized carbons (Fsp3) is 0.448. The van der Waals surface area contributed by atoms with E-state index in [0.29, 0.717) is 38.1 Å². The number of alkyl halides is 3. The number of halogens is 3. The van der Waals surface area contributed by atoms with Crippen molar-refractivity contribution in [3.63, 3.8) is 0 Å². The molecule has 0 bridgehead atoms. The second-order valence-electron chi connectivity index (χ2n) is 10.6. The van der Waals surface area contributed by atoms with E-state index in [1.54, 1.807) is 12.0 Å². The van der Waals surface area contributed by atoms with Crippen molar-refractivity contribution in [1.29, 1.82) is 0 Å². The quantitative estimate of drug-likeness (QED) is 0.307. The van der Waals surface area contributed by atoms with Gasteiger partial charge in [-0.1, -0.05) is 30.3 Å². The minimum absolute atomic E-state index is 0.117. The molecule has 0 saturated heterocycles. The van der Waals surface area contributed by atoms with Crippen LogP contribution < -0.4 is 5.32 Å². The first-order valence-electron chi connectivity index (χ1n) is 12.9. The number of nitrogens with one attached hydrogen (secondary N) is 2. The van der Waals surface area contributed by atoms with Gasteiger partial charge >= 0.3 is 12.2 Å². The van der Waals surface area contributed by atoms with E-state index < -0.39 is 17.3 Å². The van der Waals surface area contributed by atoms with Gasteiger partial charge in [-0.05, 0) is 62.9 Å². The molecular formula is C29H37F3N4O3. The molecule has 10 heteroatoms. The Morgan fingerprint density at radius 3 is 2.31 bits per heavy atom. The lowest BCUT2D eigenvalue weighted by atomic mass is 10.1. The van der Waals surface area contributed by atoms with Crippen molar-refractivity contribution in [3.8, 4) is 0 Å². The third-order valence-corrected chi connectivity index (χ3v) is 6.21. The summed E-state index contributed by atoms with van der Waals surface area (Å²) in [5.41, 5.74) is 1.34. The van der Waals surface area contributed by atoms with Gasteiger partial charge in [-0.25, -0.2) is 4.79 Å². The summed E-state index contributed by atoms with van der Waals surface area (Å²) >= 11 is 0. The molecule has 1 heterocycles. The minimum atomic E-state index is -4.44. The summed E-state index contributed by atoms with van der Waals surface area (Å²) in [4.78, 5) is 32.9. The molecule has 0 aliphatic carbocycles. The van der Waals surface area contributed by atoms with Crippen molar-refractivity contribution in [1.82, 2.24) is 20.1 Å². The number of amides is 3. The Kier molecular flexibility index (Phi) is 10.0. The van der Waals surface area contributed by atoms with Crippen molar-refractivity contribution in [2.75, 3.05) is 33.4 Å². The van der Waals surface area contributed by atoms with E-state index in [1.165, 1.54) is 17.0 Å². The maximum Gasteiger partial charge on any atom is 0.416 e. The molecule has 1 aromatic heterocycles. The van der Waals surface area contributed by atoms with Gasteiger partial charge in [-0.3, -0.25) is 4.79 Å². The van der Waals surface area contributed by atoms with Crippen LogP contribution in [0.4, 0.5) is 18.0 Å². The van der Waals surface area contributed by atoms with Crippen molar-refractivity contribution in [3.05, 3.63) is 71.4 Å². The van der Waals surface area contributed by atoms with E-state index in [0.717, 1.165) is 28.6 Å². The van der Waals surface area contributed by atoms with Crippen LogP contribution in [-0.4, -0.2) is 65.6 Å². The van der Waals surface area contributed by atoms with Gasteiger partial charge in [0, 0.05) is 56.0 Å². The zero-order chi connectivity index (χ0) is 28.6. The summed E-state index contributed by atoms with van der Waals surface area (Å²) in [5.74, 6) is -0.295. The molecule has 0 spiro atoms. The standard InChI is InChI=1S/C29H37F3N4O3/c1-28(2,3)34-27(38)36(15-7-17-39-4)20-26(37)35(19-21-10-12-23(13-11-21)29(30,31)32)16-14-22-18-33-25-9-6-5-8-24(22)25/h5-6,8-13,18,33H,7,14-17,19-20H2,1-4H3,(H,34,38). The number of hydrogen-bond acceptors (Lipinski definition) is 3. The second kappa shape index (κ2) is 13.0. The van der Waals surface area contributed by atoms with Crippen molar-refractivity contribution < 1.29 is 27.5 Å². The molecule has 2 aromatic carbocycles. The van der Waals surface area contributed by atoms with E-state index in [1.807, 2.05) is 51.2 Å². The normalized spacial score (nSPS) is 12.0. The maximum absolute atomic E-state index is 13.6. The molecule has 3 amide bonds. The van der Waals surface area contributed by atoms with Gasteiger partial charge < -0.3 is 24.8 Å². The molecule has 3 rings (SSSR count). The Labute approximate surface area is 227 Å². The zero-order valence-corrected chi connectivity index (χ0v) is 22.9. The second-order valence-corrected chi connectivity index (χ2v) is 10.6. The Bertz CT molecular complexity index is 1230. The van der Waals surface area contributed by atoms with Crippen LogP contribution in [0.1, 0.15) is 43.9 Å². The summed E-state index contributed by atoms with van der Waals surface area (Å²) in [6, 6.07) is 12.3. The molecule has 0 aliphatic heterocycles. The average molecular weight is 547 g/mol. The number of aromatic nitrogens is 1. The van der Waals surface area contributed by atoms with Crippen LogP contribution in [-0.2, 0) is 28.7 Å². The molecule has 0 fully saturated rings. The Morgan fingerprint density at radius 2 is 1.67 bits per heavy atom. The highest BCUT2D eigenvalue weighted by atomic mass is 19.4. The lowest BCUT2D eigenvalue weighted by molar-refractivity contribution is -0.137. The predicted octanol–water partition coefficient (Wildman–Crippen LogP) is 5.60. The van der Waals surface area contributed by atoms with Crippen LogP contribution in [0.25, 0.3) is 10.9 Å². The zero-order valence-electron chi connectivity index (χ0n) is 22.9. The monoisotopic (exact) mass is 546 g/mol. The predicted molar refractivity (Wildman–Crippen MR) is 145 cm³/mol. The number of rotatable bonds is 11. The number of hydrogen-bond donors (Lipinski definition) is 2. The largest absolute Gasteiger partial charge is 0.416 e. The fourth-order valence-corrected chi connectivity index (χ4v) is 4.22. The molecule has 0 aliphatic rings. The smallest absolute Gasteiger partial charge is 0.385 e. The first kappa shape index (κ1) is 30.0. The molecule has 39 heavy (non-hydrogen) atoms. The van der Waals surface area contributed by atoms with E-state index in [9.17, 15) is 22.8 Å². The third-order valence-electron chi connectivity index (χ3n) is 6.21. The molecule has 212 valence electrons. The van der Waals surface area contributed by atoms with Crippen molar-refractivity contribution in [2.24, 2.45) is 0 Å². The summed E-state index contributed by atoms with van der Waals surface area (Å²) < 4.78 is 44.3. The Hall–Kier alpha value is -3.53. The fourth-order valence-electron chi connectivity index (χ4n) is 4.22. The Balaban J connectivity index is 1.81. The minimum Gasteiger partial charge on any atom is -0.385 e. The van der Waals surface area contributed by atoms with Gasteiger partial charge in [0.25, 0.3) is 0 Å². The highest BCUT2D eigenvalue weighted by molar-refractivity contribution is 5.85. The number of benzene rings is 2. The number of para-hydroxylation sites is 1. The highest BCUT2D eigenvalue weighted by Crippen LogP contribution is 2.29. The maximum atomic E-state index is 13.6. The summed E-state index contributed by atoms with van der Waals surface area (Å²) in [6.45, 7) is 6.61. The van der Waals surface area contributed by atoms with E-state index >= 15 is 0 Å². The number of urea groups is 1. The van der Waals surface area contributed by atoms with E-state index in [2.05, 4.69) is 10.3 Å². The molecule has 2 N–H and O–H groups in total. The molecule has 7 nitrogen and oxygen atoms in total. The van der Waals surface area contributed by atoms with Crippen LogP contribution in [0.5, 0.6) is 0 Å². The summed E-state index contributed by atoms with van der Waals surface area (Å²) in [7, 11) is 1.57. The number of nitrogens with zero attached hydrogens (tertiary/aromatic N) is 2. The van der Waals surface area contributed by atoms with Gasteiger partial charge in [-0.15, -0.1) is 0 Å². The number of aromatic amines is 1. The number of ether oxygens (including phenoxy) is 1. The molecule has 3 aromatic rings. The van der Waals surface area contributed by atoms with Gasteiger partial charge in [-0.2, -0.15) is 13.2 Å². The lowest BCUT2D eigenvalue weighted by Crippen LogP contribution is -2.52. The highest BCUT2D eigenvalue weighted by Gasteiger charge is 2.30. The van der Waals surface area contributed by atoms with Crippen LogP contribution in [0, 0.1) is 0 Å². The van der Waals surface area contributed by atoms with E-state index in [4.69, 9.17) is 4.74 Å². The summed E-state index contributed by atoms with van der Waals surface area (Å²) in [5, 5.41) is 3.95. The van der Waals surface area contributed by atoms with Crippen molar-refractivity contribution >= 4 is 22.8 Å². The number of H-pyrrole nitrogens is 1. The average Bonchev–Trinajstić information content (AvgIpc) is 3.27. The number of carbonyl (C=O) groups is 2. The molecular weight excluding hydrogens is 509 g/mol. The van der Waals surface area contributed by atoms with Gasteiger partial charge in [0.05, 0.1) is 5.56 Å². The number of carbonyl (C=O) groups excluding carboxylic acids is 2. The molecule has 0 radical (unpaired) electrons. The first-order chi connectivity index (χ1) is 18.4. The van der Waals surface area contributed by atoms with Crippen LogP contribution in [0.3, 0.4) is 0 Å². The van der Waals surface area contributed by atoms with Crippen molar-refractivity contribution in [2.45, 2.75) is 51.9 Å². The van der Waals surface area contributed by atoms with Gasteiger partial charge in [0.1, 0.15) is 6.54 Å². The lowest BCUT2D eigenvalue weighted by Gasteiger charge is -2.30. The van der Waals surface area contributed by atoms with Crippen LogP contribution >= 0.6 is 0 Å². The summed E-state index contributed by atoms with van der Waals surface area (Å²) in [6.07, 6.45) is -1.45. The van der Waals surface area contributed by atoms with E-state index in [-0.39, 0.29) is 25.0 Å². The third kappa shape index (κ3) is 9.02. The van der Waals surface area contributed by atoms with Crippen LogP contribution in [0.15, 0.2) is 54.7 Å². The van der Waals surface area contributed by atoms with Gasteiger partial charge in [0.2, 0.25) is 5.91 Å². The number of fused-ring (bicyclic) bond motifs is 1. The SMILES string of the molecule is COCCCN(CC(=O)N(CCc1c[nH]c2ccccc12)Cc1ccc(C(F)(F)F)cc1)C(=O)NC(C)(C)C. The van der Waals surface area contributed by atoms with Gasteiger partial charge in [0.15, 0.2) is 0 Å². The first-order valence-corrected chi connectivity index (χ1v) is 12.9.